The SMILES string of the molecule is O=C(/C=C/c1cc(O)c(/C=C/C(=O)c2cccs2)cc1O)c1cccs1. The average molecular weight is 382 g/mol. The van der Waals surface area contributed by atoms with Crippen LogP contribution < -0.4 is 0 Å². The summed E-state index contributed by atoms with van der Waals surface area (Å²) >= 11 is 2.66. The van der Waals surface area contributed by atoms with Gasteiger partial charge in [-0.25, -0.2) is 0 Å². The van der Waals surface area contributed by atoms with Gasteiger partial charge >= 0.3 is 0 Å². The fourth-order valence-electron chi connectivity index (χ4n) is 2.21. The lowest BCUT2D eigenvalue weighted by Gasteiger charge is -2.04. The number of hydrogen-bond donors (Lipinski definition) is 2. The van der Waals surface area contributed by atoms with Gasteiger partial charge in [0.1, 0.15) is 11.5 Å². The summed E-state index contributed by atoms with van der Waals surface area (Å²) in [5.74, 6) is -0.545. The Labute approximate surface area is 158 Å². The van der Waals surface area contributed by atoms with Crippen LogP contribution in [0.25, 0.3) is 12.2 Å². The van der Waals surface area contributed by atoms with E-state index in [2.05, 4.69) is 0 Å². The average Bonchev–Trinajstić information content (AvgIpc) is 3.33. The van der Waals surface area contributed by atoms with E-state index in [0.717, 1.165) is 0 Å². The molecule has 0 fully saturated rings. The molecule has 2 aromatic heterocycles. The lowest BCUT2D eigenvalue weighted by molar-refractivity contribution is 0.104. The van der Waals surface area contributed by atoms with Crippen LogP contribution in [-0.4, -0.2) is 21.8 Å². The number of benzene rings is 1. The molecule has 2 heterocycles. The van der Waals surface area contributed by atoms with Crippen molar-refractivity contribution in [2.75, 3.05) is 0 Å². The number of aromatic hydroxyl groups is 2. The molecule has 0 aliphatic rings. The van der Waals surface area contributed by atoms with Crippen molar-refractivity contribution < 1.29 is 19.8 Å². The molecule has 4 nitrogen and oxygen atoms in total. The van der Waals surface area contributed by atoms with Crippen molar-refractivity contribution in [3.63, 3.8) is 0 Å². The molecule has 0 saturated heterocycles. The first-order valence-corrected chi connectivity index (χ1v) is 9.38. The Kier molecular flexibility index (Phi) is 5.46. The van der Waals surface area contributed by atoms with Crippen LogP contribution in [0.4, 0.5) is 0 Å². The molecule has 2 N–H and O–H groups in total. The molecule has 0 atom stereocenters. The Morgan fingerprint density at radius 2 is 1.19 bits per heavy atom. The van der Waals surface area contributed by atoms with Gasteiger partial charge in [-0.3, -0.25) is 9.59 Å². The predicted molar refractivity (Wildman–Crippen MR) is 105 cm³/mol. The van der Waals surface area contributed by atoms with Gasteiger partial charge in [0.25, 0.3) is 0 Å². The van der Waals surface area contributed by atoms with Crippen molar-refractivity contribution in [3.8, 4) is 11.5 Å². The Morgan fingerprint density at radius 3 is 1.54 bits per heavy atom. The molecule has 0 radical (unpaired) electrons. The van der Waals surface area contributed by atoms with Crippen molar-refractivity contribution in [1.29, 1.82) is 0 Å². The molecule has 6 heteroatoms. The fraction of sp³-hybridized carbons (Fsp3) is 0. The minimum absolute atomic E-state index is 0.0961. The van der Waals surface area contributed by atoms with E-state index >= 15 is 0 Å². The van der Waals surface area contributed by atoms with Gasteiger partial charge in [-0.15, -0.1) is 22.7 Å². The van der Waals surface area contributed by atoms with Crippen molar-refractivity contribution in [2.45, 2.75) is 0 Å². The summed E-state index contributed by atoms with van der Waals surface area (Å²) in [4.78, 5) is 25.1. The van der Waals surface area contributed by atoms with E-state index in [1.54, 1.807) is 24.3 Å². The van der Waals surface area contributed by atoms with Crippen LogP contribution in [0.15, 0.2) is 59.3 Å². The smallest absolute Gasteiger partial charge is 0.195 e. The monoisotopic (exact) mass is 382 g/mol. The number of phenols is 2. The molecule has 3 rings (SSSR count). The summed E-state index contributed by atoms with van der Waals surface area (Å²) in [7, 11) is 0. The number of carbonyl (C=O) groups excluding carboxylic acids is 2. The van der Waals surface area contributed by atoms with Crippen LogP contribution in [0.1, 0.15) is 30.5 Å². The van der Waals surface area contributed by atoms with Crippen LogP contribution in [-0.2, 0) is 0 Å². The summed E-state index contributed by atoms with van der Waals surface area (Å²) in [6.07, 6.45) is 5.58. The summed E-state index contributed by atoms with van der Waals surface area (Å²) in [6, 6.07) is 9.70. The van der Waals surface area contributed by atoms with E-state index < -0.39 is 0 Å². The van der Waals surface area contributed by atoms with E-state index in [4.69, 9.17) is 0 Å². The maximum Gasteiger partial charge on any atom is 0.195 e. The molecule has 0 bridgehead atoms. The minimum atomic E-state index is -0.176. The van der Waals surface area contributed by atoms with Gasteiger partial charge in [0.2, 0.25) is 0 Å². The summed E-state index contributed by atoms with van der Waals surface area (Å²) in [5, 5.41) is 23.9. The van der Waals surface area contributed by atoms with E-state index in [-0.39, 0.29) is 23.1 Å². The largest absolute Gasteiger partial charge is 0.507 e. The van der Waals surface area contributed by atoms with Gasteiger partial charge in [-0.05, 0) is 59.3 Å². The summed E-state index contributed by atoms with van der Waals surface area (Å²) in [5.41, 5.74) is 0.628. The van der Waals surface area contributed by atoms with E-state index in [0.29, 0.717) is 20.9 Å². The van der Waals surface area contributed by atoms with E-state index in [9.17, 15) is 19.8 Å². The molecule has 0 aliphatic carbocycles. The van der Waals surface area contributed by atoms with Crippen molar-refractivity contribution in [2.24, 2.45) is 0 Å². The second-order valence-corrected chi connectivity index (χ2v) is 7.21. The Bertz CT molecular complexity index is 899. The van der Waals surface area contributed by atoms with Gasteiger partial charge in [-0.1, -0.05) is 12.1 Å². The number of phenolic OH excluding ortho intramolecular Hbond substituents is 2. The number of carbonyl (C=O) groups is 2. The van der Waals surface area contributed by atoms with Crippen LogP contribution in [0.3, 0.4) is 0 Å². The van der Waals surface area contributed by atoms with Gasteiger partial charge in [0.15, 0.2) is 11.6 Å². The zero-order chi connectivity index (χ0) is 18.5. The molecular formula is C20H14O4S2. The highest BCUT2D eigenvalue weighted by Crippen LogP contribution is 2.29. The van der Waals surface area contributed by atoms with E-state index in [1.165, 1.54) is 59.1 Å². The van der Waals surface area contributed by atoms with Crippen LogP contribution in [0.5, 0.6) is 11.5 Å². The second kappa shape index (κ2) is 7.95. The Balaban J connectivity index is 1.78. The third kappa shape index (κ3) is 4.17. The third-order valence-corrected chi connectivity index (χ3v) is 5.30. The zero-order valence-corrected chi connectivity index (χ0v) is 15.1. The van der Waals surface area contributed by atoms with Crippen molar-refractivity contribution in [1.82, 2.24) is 0 Å². The maximum atomic E-state index is 12.0. The number of ketones is 2. The van der Waals surface area contributed by atoms with E-state index in [1.807, 2.05) is 10.8 Å². The minimum Gasteiger partial charge on any atom is -0.507 e. The Hall–Kier alpha value is -2.96. The molecule has 130 valence electrons. The normalized spacial score (nSPS) is 11.4. The van der Waals surface area contributed by atoms with Gasteiger partial charge < -0.3 is 10.2 Å². The molecule has 0 amide bonds. The second-order valence-electron chi connectivity index (χ2n) is 5.32. The summed E-state index contributed by atoms with van der Waals surface area (Å²) in [6.45, 7) is 0. The first-order chi connectivity index (χ1) is 12.5. The molecular weight excluding hydrogens is 368 g/mol. The van der Waals surface area contributed by atoms with Crippen molar-refractivity contribution >= 4 is 46.4 Å². The third-order valence-electron chi connectivity index (χ3n) is 3.53. The van der Waals surface area contributed by atoms with Crippen LogP contribution in [0.2, 0.25) is 0 Å². The quantitative estimate of drug-likeness (QED) is 0.357. The maximum absolute atomic E-state index is 12.0. The Morgan fingerprint density at radius 1 is 0.769 bits per heavy atom. The topological polar surface area (TPSA) is 74.6 Å². The molecule has 3 aromatic rings. The first-order valence-electron chi connectivity index (χ1n) is 7.62. The fourth-order valence-corrected chi connectivity index (χ4v) is 3.50. The number of thiophene rings is 2. The first kappa shape index (κ1) is 17.8. The molecule has 1 aromatic carbocycles. The molecule has 0 spiro atoms. The molecule has 0 unspecified atom stereocenters. The summed E-state index contributed by atoms with van der Waals surface area (Å²) < 4.78 is 0. The molecule has 0 saturated carbocycles. The van der Waals surface area contributed by atoms with Gasteiger partial charge in [-0.2, -0.15) is 0 Å². The highest BCUT2D eigenvalue weighted by Gasteiger charge is 2.08. The standard InChI is InChI=1S/C20H14O4S2/c21-15(19-3-1-9-25-19)7-5-13-11-18(24)14(12-17(13)23)6-8-16(22)20-4-2-10-26-20/h1-12,23-24H/b7-5+,8-6+. The van der Waals surface area contributed by atoms with Gasteiger partial charge in [0, 0.05) is 11.1 Å². The number of hydrogen-bond acceptors (Lipinski definition) is 6. The highest BCUT2D eigenvalue weighted by molar-refractivity contribution is 7.12. The van der Waals surface area contributed by atoms with Crippen LogP contribution >= 0.6 is 22.7 Å². The highest BCUT2D eigenvalue weighted by atomic mass is 32.1. The molecule has 26 heavy (non-hydrogen) atoms. The van der Waals surface area contributed by atoms with Crippen LogP contribution in [0, 0.1) is 0 Å². The predicted octanol–water partition coefficient (Wildman–Crippen LogP) is 5.01. The lowest BCUT2D eigenvalue weighted by Crippen LogP contribution is -1.90. The van der Waals surface area contributed by atoms with Crippen molar-refractivity contribution in [3.05, 3.63) is 80.2 Å². The number of allylic oxidation sites excluding steroid dienone is 2. The number of rotatable bonds is 6. The molecule has 0 aliphatic heterocycles. The lowest BCUT2D eigenvalue weighted by atomic mass is 10.1. The van der Waals surface area contributed by atoms with Gasteiger partial charge in [0.05, 0.1) is 9.75 Å². The zero-order valence-electron chi connectivity index (χ0n) is 13.5.